The number of carbonyl (C=O) groups excluding carboxylic acids is 1. The molecule has 6 nitrogen and oxygen atoms in total. The lowest BCUT2D eigenvalue weighted by Crippen LogP contribution is -2.34. The molecule has 1 aliphatic rings. The van der Waals surface area contributed by atoms with Crippen LogP contribution in [0.1, 0.15) is 35.7 Å². The number of amides is 2. The lowest BCUT2D eigenvalue weighted by atomic mass is 9.93. The number of rotatable bonds is 4. The van der Waals surface area contributed by atoms with Crippen molar-refractivity contribution in [2.45, 2.75) is 38.8 Å². The van der Waals surface area contributed by atoms with Crippen LogP contribution in [-0.2, 0) is 13.0 Å². The first-order valence-corrected chi connectivity index (χ1v) is 8.45. The number of halogens is 1. The number of hydrogen-bond donors (Lipinski definition) is 3. The number of nitrogens with one attached hydrogen (secondary N) is 2. The Hall–Kier alpha value is -2.05. The van der Waals surface area contributed by atoms with E-state index in [1.165, 1.54) is 0 Å². The fraction of sp³-hybridized carbons (Fsp3) is 0.412. The average molecular weight is 349 g/mol. The molecule has 1 aromatic carbocycles. The fourth-order valence-electron chi connectivity index (χ4n) is 3.10. The quantitative estimate of drug-likeness (QED) is 0.794. The van der Waals surface area contributed by atoms with E-state index < -0.39 is 0 Å². The highest BCUT2D eigenvalue weighted by Gasteiger charge is 2.25. The number of urea groups is 1. The van der Waals surface area contributed by atoms with Crippen LogP contribution >= 0.6 is 11.6 Å². The second-order valence-corrected chi connectivity index (χ2v) is 6.43. The molecule has 2 aromatic rings. The van der Waals surface area contributed by atoms with Crippen molar-refractivity contribution >= 4 is 23.3 Å². The van der Waals surface area contributed by atoms with Crippen LogP contribution in [0.2, 0.25) is 5.02 Å². The van der Waals surface area contributed by atoms with Gasteiger partial charge >= 0.3 is 6.03 Å². The van der Waals surface area contributed by atoms with Crippen LogP contribution in [-0.4, -0.2) is 27.5 Å². The Kier molecular flexibility index (Phi) is 5.06. The van der Waals surface area contributed by atoms with E-state index in [1.807, 2.05) is 17.7 Å². The number of nitrogens with zero attached hydrogens (tertiary/aromatic N) is 2. The number of benzene rings is 1. The van der Waals surface area contributed by atoms with Crippen LogP contribution in [0.15, 0.2) is 24.4 Å². The Morgan fingerprint density at radius 2 is 2.33 bits per heavy atom. The predicted octanol–water partition coefficient (Wildman–Crippen LogP) is 3.04. The molecule has 3 rings (SSSR count). The summed E-state index contributed by atoms with van der Waals surface area (Å²) in [6.45, 7) is 2.46. The number of aliphatic hydroxyl groups is 1. The van der Waals surface area contributed by atoms with Crippen molar-refractivity contribution in [3.8, 4) is 0 Å². The topological polar surface area (TPSA) is 79.2 Å². The molecule has 0 fully saturated rings. The maximum Gasteiger partial charge on any atom is 0.319 e. The Bertz CT molecular complexity index is 744. The Labute approximate surface area is 145 Å². The summed E-state index contributed by atoms with van der Waals surface area (Å²) in [5.74, 6) is 0. The van der Waals surface area contributed by atoms with Gasteiger partial charge in [0.25, 0.3) is 0 Å². The zero-order valence-electron chi connectivity index (χ0n) is 13.6. The van der Waals surface area contributed by atoms with Gasteiger partial charge in [0.05, 0.1) is 25.4 Å². The SMILES string of the molecule is Cc1ccc(Cl)cc1NC(=O)N[C@H]1CCCc2c1cnn2CCO. The zero-order valence-corrected chi connectivity index (χ0v) is 14.3. The molecule has 3 N–H and O–H groups in total. The summed E-state index contributed by atoms with van der Waals surface area (Å²) in [5, 5.41) is 19.9. The van der Waals surface area contributed by atoms with E-state index >= 15 is 0 Å². The first kappa shape index (κ1) is 16.8. The summed E-state index contributed by atoms with van der Waals surface area (Å²) in [6.07, 6.45) is 4.56. The normalized spacial score (nSPS) is 16.5. The van der Waals surface area contributed by atoms with Gasteiger partial charge in [-0.05, 0) is 43.9 Å². The highest BCUT2D eigenvalue weighted by Crippen LogP contribution is 2.29. The Morgan fingerprint density at radius 1 is 1.50 bits per heavy atom. The molecule has 1 heterocycles. The van der Waals surface area contributed by atoms with Crippen molar-refractivity contribution in [2.24, 2.45) is 0 Å². The van der Waals surface area contributed by atoms with E-state index in [2.05, 4.69) is 15.7 Å². The number of hydrogen-bond acceptors (Lipinski definition) is 3. The van der Waals surface area contributed by atoms with Crippen molar-refractivity contribution in [2.75, 3.05) is 11.9 Å². The van der Waals surface area contributed by atoms with E-state index in [1.54, 1.807) is 18.3 Å². The maximum atomic E-state index is 12.4. The smallest absolute Gasteiger partial charge is 0.319 e. The Balaban J connectivity index is 1.71. The second-order valence-electron chi connectivity index (χ2n) is 6.00. The van der Waals surface area contributed by atoms with E-state index in [9.17, 15) is 4.79 Å². The van der Waals surface area contributed by atoms with Gasteiger partial charge in [0, 0.05) is 22.0 Å². The molecule has 24 heavy (non-hydrogen) atoms. The minimum absolute atomic E-state index is 0.0563. The van der Waals surface area contributed by atoms with Gasteiger partial charge in [-0.3, -0.25) is 4.68 Å². The lowest BCUT2D eigenvalue weighted by molar-refractivity contribution is 0.246. The number of aryl methyl sites for hydroxylation is 1. The van der Waals surface area contributed by atoms with Gasteiger partial charge in [0.1, 0.15) is 0 Å². The summed E-state index contributed by atoms with van der Waals surface area (Å²) in [4.78, 5) is 12.4. The van der Waals surface area contributed by atoms with Crippen LogP contribution in [0, 0.1) is 6.92 Å². The van der Waals surface area contributed by atoms with E-state index in [0.29, 0.717) is 17.3 Å². The second kappa shape index (κ2) is 7.23. The summed E-state index contributed by atoms with van der Waals surface area (Å²) in [5.41, 5.74) is 3.79. The molecule has 0 radical (unpaired) electrons. The van der Waals surface area contributed by atoms with Crippen molar-refractivity contribution < 1.29 is 9.90 Å². The molecule has 1 aromatic heterocycles. The molecular formula is C17H21ClN4O2. The largest absolute Gasteiger partial charge is 0.394 e. The molecule has 128 valence electrons. The van der Waals surface area contributed by atoms with Crippen molar-refractivity contribution in [3.63, 3.8) is 0 Å². The van der Waals surface area contributed by atoms with Gasteiger partial charge in [-0.1, -0.05) is 17.7 Å². The van der Waals surface area contributed by atoms with E-state index in [0.717, 1.165) is 36.1 Å². The third-order valence-electron chi connectivity index (χ3n) is 4.33. The van der Waals surface area contributed by atoms with E-state index in [-0.39, 0.29) is 18.7 Å². The molecule has 2 amide bonds. The van der Waals surface area contributed by atoms with E-state index in [4.69, 9.17) is 16.7 Å². The van der Waals surface area contributed by atoms with Crippen LogP contribution in [0.3, 0.4) is 0 Å². The molecule has 0 saturated heterocycles. The Morgan fingerprint density at radius 3 is 3.12 bits per heavy atom. The minimum atomic E-state index is -0.256. The standard InChI is InChI=1S/C17H21ClN4O2/c1-11-5-6-12(18)9-15(11)21-17(24)20-14-3-2-4-16-13(14)10-19-22(16)7-8-23/h5-6,9-10,14,23H,2-4,7-8H2,1H3,(H2,20,21,24)/t14-/m0/s1. The molecule has 0 unspecified atom stereocenters. The number of aromatic nitrogens is 2. The summed E-state index contributed by atoms with van der Waals surface area (Å²) < 4.78 is 1.82. The number of carbonyl (C=O) groups is 1. The van der Waals surface area contributed by atoms with Gasteiger partial charge in [-0.25, -0.2) is 4.79 Å². The highest BCUT2D eigenvalue weighted by molar-refractivity contribution is 6.31. The minimum Gasteiger partial charge on any atom is -0.394 e. The molecule has 0 saturated carbocycles. The zero-order chi connectivity index (χ0) is 17.1. The first-order chi connectivity index (χ1) is 11.6. The fourth-order valence-corrected chi connectivity index (χ4v) is 3.27. The lowest BCUT2D eigenvalue weighted by Gasteiger charge is -2.24. The molecule has 0 spiro atoms. The molecule has 0 aliphatic heterocycles. The van der Waals surface area contributed by atoms with Crippen molar-refractivity contribution in [1.82, 2.24) is 15.1 Å². The first-order valence-electron chi connectivity index (χ1n) is 8.07. The third-order valence-corrected chi connectivity index (χ3v) is 4.56. The predicted molar refractivity (Wildman–Crippen MR) is 93.3 cm³/mol. The van der Waals surface area contributed by atoms with Crippen molar-refractivity contribution in [3.05, 3.63) is 46.2 Å². The molecule has 1 atom stereocenters. The van der Waals surface area contributed by atoms with Gasteiger partial charge in [-0.2, -0.15) is 5.10 Å². The molecule has 1 aliphatic carbocycles. The molecular weight excluding hydrogens is 328 g/mol. The maximum absolute atomic E-state index is 12.4. The number of aliphatic hydroxyl groups excluding tert-OH is 1. The van der Waals surface area contributed by atoms with Crippen LogP contribution in [0.25, 0.3) is 0 Å². The molecule has 0 bridgehead atoms. The summed E-state index contributed by atoms with van der Waals surface area (Å²) >= 11 is 5.99. The van der Waals surface area contributed by atoms with Gasteiger partial charge in [-0.15, -0.1) is 0 Å². The number of anilines is 1. The average Bonchev–Trinajstić information content (AvgIpc) is 2.96. The van der Waals surface area contributed by atoms with Gasteiger partial charge in [0.2, 0.25) is 0 Å². The third kappa shape index (κ3) is 3.55. The van der Waals surface area contributed by atoms with Crippen LogP contribution < -0.4 is 10.6 Å². The van der Waals surface area contributed by atoms with Crippen LogP contribution in [0.5, 0.6) is 0 Å². The summed E-state index contributed by atoms with van der Waals surface area (Å²) in [6, 6.07) is 5.08. The van der Waals surface area contributed by atoms with Crippen molar-refractivity contribution in [1.29, 1.82) is 0 Å². The molecule has 7 heteroatoms. The van der Waals surface area contributed by atoms with Gasteiger partial charge in [0.15, 0.2) is 0 Å². The monoisotopic (exact) mass is 348 g/mol. The number of fused-ring (bicyclic) bond motifs is 1. The van der Waals surface area contributed by atoms with Crippen LogP contribution in [0.4, 0.5) is 10.5 Å². The van der Waals surface area contributed by atoms with Gasteiger partial charge < -0.3 is 15.7 Å². The summed E-state index contributed by atoms with van der Waals surface area (Å²) in [7, 11) is 0. The highest BCUT2D eigenvalue weighted by atomic mass is 35.5.